The fourth-order valence-corrected chi connectivity index (χ4v) is 4.21. The van der Waals surface area contributed by atoms with Gasteiger partial charge >= 0.3 is 0 Å². The number of benzene rings is 2. The van der Waals surface area contributed by atoms with Gasteiger partial charge in [0, 0.05) is 38.0 Å². The summed E-state index contributed by atoms with van der Waals surface area (Å²) in [5, 5.41) is 2.70. The molecule has 3 heterocycles. The molecule has 3 aromatic rings. The Morgan fingerprint density at radius 1 is 1.14 bits per heavy atom. The van der Waals surface area contributed by atoms with Crippen LogP contribution < -0.4 is 19.7 Å². The first-order chi connectivity index (χ1) is 17.8. The average Bonchev–Trinajstić information content (AvgIpc) is 2.99. The summed E-state index contributed by atoms with van der Waals surface area (Å²) in [6.45, 7) is 0.473. The Bertz CT molecular complexity index is 1400. The number of nitrogens with one attached hydrogen (secondary N) is 1. The van der Waals surface area contributed by atoms with E-state index in [4.69, 9.17) is 9.47 Å². The van der Waals surface area contributed by atoms with Crippen LogP contribution in [0.5, 0.6) is 17.2 Å². The Morgan fingerprint density at radius 2 is 1.92 bits per heavy atom. The predicted octanol–water partition coefficient (Wildman–Crippen LogP) is 3.03. The molecule has 1 atom stereocenters. The van der Waals surface area contributed by atoms with Crippen molar-refractivity contribution in [1.29, 1.82) is 0 Å². The zero-order chi connectivity index (χ0) is 26.0. The monoisotopic (exact) mass is 500 g/mol. The van der Waals surface area contributed by atoms with Crippen molar-refractivity contribution < 1.29 is 23.5 Å². The molecule has 188 valence electrons. The number of ether oxygens (including phenoxy) is 2. The average molecular weight is 501 g/mol. The summed E-state index contributed by atoms with van der Waals surface area (Å²) in [5.41, 5.74) is -0.365. The molecule has 1 N–H and O–H groups in total. The number of hydrogen-bond acceptors (Lipinski definition) is 6. The predicted molar refractivity (Wildman–Crippen MR) is 136 cm³/mol. The summed E-state index contributed by atoms with van der Waals surface area (Å²) in [5.74, 6) is 6.18. The fraction of sp³-hybridized carbons (Fsp3) is 0.250. The number of aromatic nitrogens is 1. The van der Waals surface area contributed by atoms with Crippen LogP contribution in [-0.4, -0.2) is 67.2 Å². The largest absolute Gasteiger partial charge is 0.489 e. The van der Waals surface area contributed by atoms with Crippen LogP contribution in [0.15, 0.2) is 66.9 Å². The lowest BCUT2D eigenvalue weighted by molar-refractivity contribution is -0.120. The van der Waals surface area contributed by atoms with E-state index in [1.807, 2.05) is 30.1 Å². The Morgan fingerprint density at radius 3 is 2.68 bits per heavy atom. The molecule has 0 aliphatic carbocycles. The lowest BCUT2D eigenvalue weighted by Gasteiger charge is -2.38. The number of fused-ring (bicyclic) bond motifs is 1. The molecule has 0 saturated carbocycles. The van der Waals surface area contributed by atoms with Crippen molar-refractivity contribution in [3.63, 3.8) is 0 Å². The standard InChI is InChI=1S/C28H25FN4O4/c1-32-17-28(29,18-32)12-10-19-8-9-25-24(14-19)33(2)27(35)23(16-36-25)31-26(34)22-15-21(11-13-30-22)37-20-6-4-3-5-7-20/h3-9,11,13-15,23H,16-18H2,1-2H3,(H,31,34). The lowest BCUT2D eigenvalue weighted by atomic mass is 9.97. The Kier molecular flexibility index (Phi) is 6.51. The normalized spacial score (nSPS) is 18.3. The second-order valence-corrected chi connectivity index (χ2v) is 9.10. The van der Waals surface area contributed by atoms with Gasteiger partial charge in [-0.3, -0.25) is 19.5 Å². The Hall–Kier alpha value is -4.42. The molecule has 2 aliphatic rings. The first-order valence-corrected chi connectivity index (χ1v) is 11.7. The number of anilines is 1. The van der Waals surface area contributed by atoms with Crippen LogP contribution in [0.25, 0.3) is 0 Å². The molecule has 0 bridgehead atoms. The van der Waals surface area contributed by atoms with Gasteiger partial charge in [0.2, 0.25) is 0 Å². The van der Waals surface area contributed by atoms with Crippen LogP contribution >= 0.6 is 0 Å². The molecule has 1 unspecified atom stereocenters. The summed E-state index contributed by atoms with van der Waals surface area (Å²) >= 11 is 0. The third-order valence-electron chi connectivity index (χ3n) is 6.07. The molecule has 1 fully saturated rings. The van der Waals surface area contributed by atoms with E-state index in [1.54, 1.807) is 43.4 Å². The second kappa shape index (κ2) is 9.91. The molecule has 5 rings (SSSR count). The number of pyridine rings is 1. The van der Waals surface area contributed by atoms with Crippen molar-refractivity contribution >= 4 is 17.5 Å². The number of nitrogens with zero attached hydrogens (tertiary/aromatic N) is 3. The molecule has 0 spiro atoms. The molecule has 0 radical (unpaired) electrons. The van der Waals surface area contributed by atoms with E-state index in [0.29, 0.717) is 28.5 Å². The highest BCUT2D eigenvalue weighted by Gasteiger charge is 2.39. The maximum Gasteiger partial charge on any atom is 0.270 e. The lowest BCUT2D eigenvalue weighted by Crippen LogP contribution is -2.56. The number of likely N-dealkylation sites (tertiary alicyclic amines) is 1. The highest BCUT2D eigenvalue weighted by molar-refractivity contribution is 6.03. The third-order valence-corrected chi connectivity index (χ3v) is 6.07. The van der Waals surface area contributed by atoms with Crippen molar-refractivity contribution in [2.75, 3.05) is 38.7 Å². The Balaban J connectivity index is 1.28. The molecule has 8 nitrogen and oxygen atoms in total. The molecule has 1 aromatic heterocycles. The summed E-state index contributed by atoms with van der Waals surface area (Å²) in [6, 6.07) is 16.5. The van der Waals surface area contributed by atoms with E-state index >= 15 is 0 Å². The van der Waals surface area contributed by atoms with Gasteiger partial charge < -0.3 is 19.7 Å². The number of alkyl halides is 1. The van der Waals surface area contributed by atoms with Crippen LogP contribution in [-0.2, 0) is 4.79 Å². The maximum absolute atomic E-state index is 14.5. The number of amides is 2. The fourth-order valence-electron chi connectivity index (χ4n) is 4.21. The molecule has 2 aromatic carbocycles. The number of likely N-dealkylation sites (N-methyl/N-ethyl adjacent to an activating group) is 1. The molecule has 1 saturated heterocycles. The van der Waals surface area contributed by atoms with Crippen molar-refractivity contribution in [1.82, 2.24) is 15.2 Å². The van der Waals surface area contributed by atoms with Gasteiger partial charge in [-0.25, -0.2) is 4.39 Å². The number of halogens is 1. The van der Waals surface area contributed by atoms with E-state index in [1.165, 1.54) is 17.2 Å². The molecule has 2 amide bonds. The minimum absolute atomic E-state index is 0.0624. The van der Waals surface area contributed by atoms with Gasteiger partial charge in [0.15, 0.2) is 5.67 Å². The number of carbonyl (C=O) groups excluding carboxylic acids is 2. The molecular formula is C28H25FN4O4. The highest BCUT2D eigenvalue weighted by atomic mass is 19.1. The first-order valence-electron chi connectivity index (χ1n) is 11.7. The number of carbonyl (C=O) groups is 2. The number of rotatable bonds is 4. The van der Waals surface area contributed by atoms with Crippen LogP contribution in [0.3, 0.4) is 0 Å². The molecular weight excluding hydrogens is 475 g/mol. The van der Waals surface area contributed by atoms with Crippen molar-refractivity contribution in [3.8, 4) is 29.1 Å². The van der Waals surface area contributed by atoms with Crippen molar-refractivity contribution in [2.24, 2.45) is 0 Å². The quantitative estimate of drug-likeness (QED) is 0.555. The summed E-state index contributed by atoms with van der Waals surface area (Å²) in [7, 11) is 3.43. The van der Waals surface area contributed by atoms with Crippen LogP contribution in [0.4, 0.5) is 10.1 Å². The summed E-state index contributed by atoms with van der Waals surface area (Å²) in [4.78, 5) is 33.5. The first kappa shape index (κ1) is 24.3. The number of hydrogen-bond donors (Lipinski definition) is 1. The Labute approximate surface area is 214 Å². The van der Waals surface area contributed by atoms with E-state index in [9.17, 15) is 14.0 Å². The number of para-hydroxylation sites is 1. The van der Waals surface area contributed by atoms with E-state index in [-0.39, 0.29) is 31.3 Å². The van der Waals surface area contributed by atoms with Crippen molar-refractivity contribution in [3.05, 3.63) is 78.1 Å². The van der Waals surface area contributed by atoms with Crippen LogP contribution in [0.1, 0.15) is 16.1 Å². The van der Waals surface area contributed by atoms with Gasteiger partial charge in [-0.15, -0.1) is 0 Å². The molecule has 2 aliphatic heterocycles. The third kappa shape index (κ3) is 5.39. The maximum atomic E-state index is 14.5. The van der Waals surface area contributed by atoms with E-state index in [2.05, 4.69) is 22.1 Å². The second-order valence-electron chi connectivity index (χ2n) is 9.10. The summed E-state index contributed by atoms with van der Waals surface area (Å²) in [6.07, 6.45) is 1.46. The minimum Gasteiger partial charge on any atom is -0.489 e. The SMILES string of the molecule is CN1CC(F)(C#Cc2ccc3c(c2)N(C)C(=O)C(NC(=O)c2cc(Oc4ccccc4)ccn2)CO3)C1. The summed E-state index contributed by atoms with van der Waals surface area (Å²) < 4.78 is 26.1. The van der Waals surface area contributed by atoms with Crippen molar-refractivity contribution in [2.45, 2.75) is 11.7 Å². The van der Waals surface area contributed by atoms with Crippen LogP contribution in [0.2, 0.25) is 0 Å². The topological polar surface area (TPSA) is 84.0 Å². The van der Waals surface area contributed by atoms with Crippen LogP contribution in [0, 0.1) is 11.8 Å². The van der Waals surface area contributed by atoms with Gasteiger partial charge in [-0.1, -0.05) is 30.0 Å². The zero-order valence-electron chi connectivity index (χ0n) is 20.4. The smallest absolute Gasteiger partial charge is 0.270 e. The highest BCUT2D eigenvalue weighted by Crippen LogP contribution is 2.32. The van der Waals surface area contributed by atoms with Gasteiger partial charge in [0.1, 0.15) is 35.6 Å². The van der Waals surface area contributed by atoms with Gasteiger partial charge in [0.05, 0.1) is 5.69 Å². The van der Waals surface area contributed by atoms with Gasteiger partial charge in [0.25, 0.3) is 11.8 Å². The minimum atomic E-state index is -1.52. The van der Waals surface area contributed by atoms with E-state index < -0.39 is 17.6 Å². The molecule has 37 heavy (non-hydrogen) atoms. The van der Waals surface area contributed by atoms with Gasteiger partial charge in [-0.05, 0) is 43.4 Å². The van der Waals surface area contributed by atoms with E-state index in [0.717, 1.165) is 0 Å². The molecule has 9 heteroatoms. The van der Waals surface area contributed by atoms with Gasteiger partial charge in [-0.2, -0.15) is 0 Å². The zero-order valence-corrected chi connectivity index (χ0v) is 20.4.